The molecule has 1 aliphatic heterocycles. The zero-order valence-electron chi connectivity index (χ0n) is 20.0. The largest absolute Gasteiger partial charge is 0.367 e. The van der Waals surface area contributed by atoms with Gasteiger partial charge in [-0.2, -0.15) is 4.98 Å². The van der Waals surface area contributed by atoms with Crippen LogP contribution in [0.2, 0.25) is 5.02 Å². The summed E-state index contributed by atoms with van der Waals surface area (Å²) in [4.78, 5) is 12.3. The first-order chi connectivity index (χ1) is 17.0. The van der Waals surface area contributed by atoms with Gasteiger partial charge in [0.25, 0.3) is 0 Å². The molecule has 2 N–H and O–H groups in total. The van der Waals surface area contributed by atoms with Gasteiger partial charge in [-0.15, -0.1) is 0 Å². The van der Waals surface area contributed by atoms with E-state index >= 15 is 0 Å². The highest BCUT2D eigenvalue weighted by molar-refractivity contribution is 7.92. The van der Waals surface area contributed by atoms with E-state index < -0.39 is 21.7 Å². The molecule has 0 radical (unpaired) electrons. The van der Waals surface area contributed by atoms with Crippen LogP contribution in [0, 0.1) is 11.6 Å². The Bertz CT molecular complexity index is 1370. The Morgan fingerprint density at radius 3 is 2.39 bits per heavy atom. The Balaban J connectivity index is 1.58. The Hall–Kier alpha value is -3.22. The second-order valence-electron chi connectivity index (χ2n) is 8.44. The van der Waals surface area contributed by atoms with E-state index in [-0.39, 0.29) is 28.2 Å². The molecule has 0 spiro atoms. The molecule has 9 nitrogen and oxygen atoms in total. The third-order valence-corrected chi connectivity index (χ3v) is 7.36. The van der Waals surface area contributed by atoms with Crippen molar-refractivity contribution < 1.29 is 17.2 Å². The standard InChI is InChI=1S/C23H26ClF2N7O2S/c1-31-10-12-33(13-11-31)19-9-8-17(20(25)21(19)26)29-23-27-14-15(24)22(30-23)28-16-6-4-5-7-18(16)32(2)36(3,34)35/h4-9,14H,10-13H2,1-3H3,(H2,27,28,29,30). The van der Waals surface area contributed by atoms with Crippen LogP contribution in [0.5, 0.6) is 0 Å². The van der Waals surface area contributed by atoms with Crippen LogP contribution < -0.4 is 19.8 Å². The van der Waals surface area contributed by atoms with Gasteiger partial charge in [0.2, 0.25) is 16.0 Å². The van der Waals surface area contributed by atoms with Gasteiger partial charge in [0, 0.05) is 33.2 Å². The SMILES string of the molecule is CN1CCN(c2ccc(Nc3ncc(Cl)c(Nc4ccccc4N(C)S(C)(=O)=O)n3)c(F)c2F)CC1. The van der Waals surface area contributed by atoms with Crippen LogP contribution in [-0.4, -0.2) is 69.8 Å². The third-order valence-electron chi connectivity index (χ3n) is 5.89. The van der Waals surface area contributed by atoms with E-state index in [0.717, 1.165) is 23.7 Å². The van der Waals surface area contributed by atoms with Crippen LogP contribution in [0.3, 0.4) is 0 Å². The number of sulfonamides is 1. The molecule has 192 valence electrons. The molecule has 13 heteroatoms. The number of anilines is 6. The number of hydrogen-bond donors (Lipinski definition) is 2. The summed E-state index contributed by atoms with van der Waals surface area (Å²) in [6.45, 7) is 2.73. The molecule has 2 aromatic carbocycles. The van der Waals surface area contributed by atoms with Crippen molar-refractivity contribution in [3.05, 3.63) is 59.3 Å². The predicted molar refractivity (Wildman–Crippen MR) is 139 cm³/mol. The van der Waals surface area contributed by atoms with Crippen LogP contribution in [0.25, 0.3) is 0 Å². The molecule has 1 saturated heterocycles. The highest BCUT2D eigenvalue weighted by Gasteiger charge is 2.22. The first kappa shape index (κ1) is 25.9. The van der Waals surface area contributed by atoms with Crippen LogP contribution in [0.15, 0.2) is 42.6 Å². The minimum Gasteiger partial charge on any atom is -0.367 e. The lowest BCUT2D eigenvalue weighted by Crippen LogP contribution is -2.44. The number of piperazine rings is 1. The van der Waals surface area contributed by atoms with Crippen LogP contribution in [-0.2, 0) is 10.0 Å². The highest BCUT2D eigenvalue weighted by Crippen LogP contribution is 2.33. The molecular weight excluding hydrogens is 512 g/mol. The summed E-state index contributed by atoms with van der Waals surface area (Å²) in [6, 6.07) is 9.66. The summed E-state index contributed by atoms with van der Waals surface area (Å²) >= 11 is 6.25. The number of aromatic nitrogens is 2. The average Bonchev–Trinajstić information content (AvgIpc) is 2.84. The molecule has 0 atom stereocenters. The number of hydrogen-bond acceptors (Lipinski definition) is 8. The number of nitrogens with zero attached hydrogens (tertiary/aromatic N) is 5. The molecule has 0 bridgehead atoms. The number of para-hydroxylation sites is 2. The summed E-state index contributed by atoms with van der Waals surface area (Å²) in [6.07, 6.45) is 2.39. The van der Waals surface area contributed by atoms with Crippen LogP contribution in [0.4, 0.5) is 43.3 Å². The lowest BCUT2D eigenvalue weighted by molar-refractivity contribution is 0.311. The summed E-state index contributed by atoms with van der Waals surface area (Å²) in [7, 11) is -0.111. The van der Waals surface area contributed by atoms with E-state index in [0.29, 0.717) is 24.5 Å². The molecule has 0 aliphatic carbocycles. The Morgan fingerprint density at radius 2 is 1.69 bits per heavy atom. The first-order valence-electron chi connectivity index (χ1n) is 11.1. The lowest BCUT2D eigenvalue weighted by Gasteiger charge is -2.34. The van der Waals surface area contributed by atoms with Crippen molar-refractivity contribution in [2.75, 3.05) is 66.4 Å². The number of benzene rings is 2. The van der Waals surface area contributed by atoms with Crippen molar-refractivity contribution in [2.45, 2.75) is 0 Å². The van der Waals surface area contributed by atoms with E-state index in [2.05, 4.69) is 25.5 Å². The van der Waals surface area contributed by atoms with E-state index in [9.17, 15) is 17.2 Å². The maximum Gasteiger partial charge on any atom is 0.232 e. The summed E-state index contributed by atoms with van der Waals surface area (Å²) in [5.41, 5.74) is 0.871. The van der Waals surface area contributed by atoms with E-state index in [1.54, 1.807) is 24.3 Å². The normalized spacial score (nSPS) is 14.6. The van der Waals surface area contributed by atoms with E-state index in [4.69, 9.17) is 11.6 Å². The van der Waals surface area contributed by atoms with Gasteiger partial charge in [-0.05, 0) is 31.3 Å². The average molecular weight is 538 g/mol. The number of likely N-dealkylation sites (N-methyl/N-ethyl adjacent to an activating group) is 1. The zero-order chi connectivity index (χ0) is 26.0. The first-order valence-corrected chi connectivity index (χ1v) is 13.3. The van der Waals surface area contributed by atoms with Gasteiger partial charge in [0.15, 0.2) is 17.5 Å². The number of rotatable bonds is 7. The van der Waals surface area contributed by atoms with Gasteiger partial charge in [-0.1, -0.05) is 23.7 Å². The molecule has 0 amide bonds. The van der Waals surface area contributed by atoms with Crippen LogP contribution >= 0.6 is 11.6 Å². The van der Waals surface area contributed by atoms with Gasteiger partial charge >= 0.3 is 0 Å². The molecule has 1 aliphatic rings. The molecule has 2 heterocycles. The lowest BCUT2D eigenvalue weighted by atomic mass is 10.2. The van der Waals surface area contributed by atoms with Crippen LogP contribution in [0.1, 0.15) is 0 Å². The molecule has 1 aromatic heterocycles. The Labute approximate surface area is 213 Å². The monoisotopic (exact) mass is 537 g/mol. The third kappa shape index (κ3) is 5.61. The van der Waals surface area contributed by atoms with Crippen molar-refractivity contribution >= 4 is 56.1 Å². The van der Waals surface area contributed by atoms with Gasteiger partial charge in [-0.25, -0.2) is 22.2 Å². The molecule has 4 rings (SSSR count). The maximum atomic E-state index is 14.9. The molecule has 1 fully saturated rings. The minimum atomic E-state index is -3.52. The molecule has 36 heavy (non-hydrogen) atoms. The summed E-state index contributed by atoms with van der Waals surface area (Å²) in [5.74, 6) is -1.87. The zero-order valence-corrected chi connectivity index (χ0v) is 21.5. The predicted octanol–water partition coefficient (Wildman–Crippen LogP) is 4.04. The van der Waals surface area contributed by atoms with Crippen molar-refractivity contribution in [1.82, 2.24) is 14.9 Å². The van der Waals surface area contributed by atoms with E-state index in [1.165, 1.54) is 25.4 Å². The molecular formula is C23H26ClF2N7O2S. The summed E-state index contributed by atoms with van der Waals surface area (Å²) in [5, 5.41) is 5.84. The van der Waals surface area contributed by atoms with Gasteiger partial charge < -0.3 is 20.4 Å². The fourth-order valence-corrected chi connectivity index (χ4v) is 4.38. The number of halogens is 3. The Kier molecular flexibility index (Phi) is 7.48. The van der Waals surface area contributed by atoms with Gasteiger partial charge in [-0.3, -0.25) is 4.31 Å². The molecule has 3 aromatic rings. The highest BCUT2D eigenvalue weighted by atomic mass is 35.5. The Morgan fingerprint density at radius 1 is 1.00 bits per heavy atom. The molecule has 0 saturated carbocycles. The smallest absolute Gasteiger partial charge is 0.232 e. The second kappa shape index (κ2) is 10.4. The fourth-order valence-electron chi connectivity index (χ4n) is 3.72. The summed E-state index contributed by atoms with van der Waals surface area (Å²) < 4.78 is 55.0. The fraction of sp³-hybridized carbons (Fsp3) is 0.304. The van der Waals surface area contributed by atoms with E-state index in [1.807, 2.05) is 11.9 Å². The van der Waals surface area contributed by atoms with Gasteiger partial charge in [0.1, 0.15) is 5.02 Å². The molecule has 0 unspecified atom stereocenters. The minimum absolute atomic E-state index is 0.0264. The van der Waals surface area contributed by atoms with Crippen molar-refractivity contribution in [1.29, 1.82) is 0 Å². The van der Waals surface area contributed by atoms with Gasteiger partial charge in [0.05, 0.1) is 35.2 Å². The second-order valence-corrected chi connectivity index (χ2v) is 10.9. The maximum absolute atomic E-state index is 14.9. The van der Waals surface area contributed by atoms with Crippen molar-refractivity contribution in [2.24, 2.45) is 0 Å². The number of nitrogens with one attached hydrogen (secondary N) is 2. The van der Waals surface area contributed by atoms with Crippen molar-refractivity contribution in [3.8, 4) is 0 Å². The van der Waals surface area contributed by atoms with Crippen molar-refractivity contribution in [3.63, 3.8) is 0 Å². The quantitative estimate of drug-likeness (QED) is 0.466. The topological polar surface area (TPSA) is 93.7 Å².